The Balaban J connectivity index is 2.01. The Morgan fingerprint density at radius 2 is 2.00 bits per heavy atom. The van der Waals surface area contributed by atoms with Gasteiger partial charge in [0.25, 0.3) is 0 Å². The lowest BCUT2D eigenvalue weighted by molar-refractivity contribution is 0.598. The number of nitrogens with two attached hydrogens (primary N) is 2. The SMILES string of the molecule is Nc1cc(S(N)(=O)=O)ccc1Sc1ncnc2nc[nH]c12. The number of hydrogen-bond acceptors (Lipinski definition) is 7. The highest BCUT2D eigenvalue weighted by Crippen LogP contribution is 2.34. The van der Waals surface area contributed by atoms with Crippen molar-refractivity contribution in [3.05, 3.63) is 30.9 Å². The first-order valence-electron chi connectivity index (χ1n) is 5.69. The van der Waals surface area contributed by atoms with Gasteiger partial charge in [0.15, 0.2) is 5.65 Å². The Labute approximate surface area is 124 Å². The minimum atomic E-state index is -3.77. The maximum absolute atomic E-state index is 11.3. The van der Waals surface area contributed by atoms with Gasteiger partial charge in [0.1, 0.15) is 16.9 Å². The van der Waals surface area contributed by atoms with Crippen LogP contribution < -0.4 is 10.9 Å². The molecule has 0 aliphatic heterocycles. The predicted molar refractivity (Wildman–Crippen MR) is 78.0 cm³/mol. The molecular weight excluding hydrogens is 312 g/mol. The van der Waals surface area contributed by atoms with Gasteiger partial charge in [-0.05, 0) is 18.2 Å². The molecule has 1 aromatic carbocycles. The zero-order valence-corrected chi connectivity index (χ0v) is 12.1. The van der Waals surface area contributed by atoms with E-state index >= 15 is 0 Å². The average Bonchev–Trinajstić information content (AvgIpc) is 2.89. The Morgan fingerprint density at radius 3 is 2.71 bits per heavy atom. The standard InChI is InChI=1S/C11H10N6O2S2/c12-7-3-6(21(13,18)19)1-2-8(7)20-11-9-10(15-4-14-9)16-5-17-11/h1-5H,12H2,(H2,13,18,19)(H,14,15,16,17). The normalized spacial score (nSPS) is 11.9. The number of aromatic nitrogens is 4. The van der Waals surface area contributed by atoms with Crippen LogP contribution in [0.2, 0.25) is 0 Å². The lowest BCUT2D eigenvalue weighted by atomic mass is 10.3. The van der Waals surface area contributed by atoms with E-state index in [0.717, 1.165) is 0 Å². The number of rotatable bonds is 3. The van der Waals surface area contributed by atoms with Crippen molar-refractivity contribution in [2.75, 3.05) is 5.73 Å². The molecule has 0 fully saturated rings. The van der Waals surface area contributed by atoms with E-state index in [4.69, 9.17) is 10.9 Å². The first-order valence-corrected chi connectivity index (χ1v) is 8.06. The zero-order chi connectivity index (χ0) is 15.0. The third-order valence-corrected chi connectivity index (χ3v) is 4.71. The van der Waals surface area contributed by atoms with Gasteiger partial charge in [-0.3, -0.25) is 0 Å². The topological polar surface area (TPSA) is 141 Å². The van der Waals surface area contributed by atoms with Crippen LogP contribution in [0.1, 0.15) is 0 Å². The molecule has 2 aromatic heterocycles. The highest BCUT2D eigenvalue weighted by molar-refractivity contribution is 7.99. The van der Waals surface area contributed by atoms with Crippen LogP contribution in [0.25, 0.3) is 11.2 Å². The van der Waals surface area contributed by atoms with E-state index in [0.29, 0.717) is 26.8 Å². The molecule has 10 heteroatoms. The summed E-state index contributed by atoms with van der Waals surface area (Å²) in [6.07, 6.45) is 2.93. The lowest BCUT2D eigenvalue weighted by Gasteiger charge is -2.07. The largest absolute Gasteiger partial charge is 0.398 e. The van der Waals surface area contributed by atoms with Gasteiger partial charge < -0.3 is 10.7 Å². The number of benzene rings is 1. The fourth-order valence-corrected chi connectivity index (χ4v) is 3.14. The molecule has 3 aromatic rings. The number of nitrogens with one attached hydrogen (secondary N) is 1. The number of imidazole rings is 1. The zero-order valence-electron chi connectivity index (χ0n) is 10.5. The first kappa shape index (κ1) is 13.8. The van der Waals surface area contributed by atoms with E-state index in [2.05, 4.69) is 19.9 Å². The van der Waals surface area contributed by atoms with Crippen LogP contribution in [0.3, 0.4) is 0 Å². The quantitative estimate of drug-likeness (QED) is 0.477. The Hall–Kier alpha value is -2.17. The summed E-state index contributed by atoms with van der Waals surface area (Å²) in [5.41, 5.74) is 7.42. The number of nitrogen functional groups attached to an aromatic ring is 1. The summed E-state index contributed by atoms with van der Waals surface area (Å²) < 4.78 is 22.6. The smallest absolute Gasteiger partial charge is 0.238 e. The van der Waals surface area contributed by atoms with Crippen molar-refractivity contribution < 1.29 is 8.42 Å². The third-order valence-electron chi connectivity index (χ3n) is 2.70. The molecule has 2 heterocycles. The molecule has 8 nitrogen and oxygen atoms in total. The number of anilines is 1. The maximum Gasteiger partial charge on any atom is 0.238 e. The molecule has 0 radical (unpaired) electrons. The molecule has 3 rings (SSSR count). The van der Waals surface area contributed by atoms with Gasteiger partial charge in [-0.2, -0.15) is 0 Å². The molecular formula is C11H10N6O2S2. The Morgan fingerprint density at radius 1 is 1.19 bits per heavy atom. The predicted octanol–water partition coefficient (Wildman–Crippen LogP) is 0.734. The number of sulfonamides is 1. The Bertz CT molecular complexity index is 921. The molecule has 0 saturated carbocycles. The average molecular weight is 322 g/mol. The summed E-state index contributed by atoms with van der Waals surface area (Å²) in [5, 5.41) is 5.71. The molecule has 108 valence electrons. The maximum atomic E-state index is 11.3. The van der Waals surface area contributed by atoms with Gasteiger partial charge in [0, 0.05) is 10.6 Å². The summed E-state index contributed by atoms with van der Waals surface area (Å²) in [7, 11) is -3.77. The molecule has 0 amide bonds. The van der Waals surface area contributed by atoms with Crippen LogP contribution >= 0.6 is 11.8 Å². The Kier molecular flexibility index (Phi) is 3.27. The highest BCUT2D eigenvalue weighted by Gasteiger charge is 2.13. The molecule has 0 spiro atoms. The number of primary sulfonamides is 1. The second kappa shape index (κ2) is 4.98. The van der Waals surface area contributed by atoms with E-state index in [9.17, 15) is 8.42 Å². The summed E-state index contributed by atoms with van der Waals surface area (Å²) in [6.45, 7) is 0. The third kappa shape index (κ3) is 2.68. The van der Waals surface area contributed by atoms with E-state index < -0.39 is 10.0 Å². The van der Waals surface area contributed by atoms with Crippen molar-refractivity contribution in [3.63, 3.8) is 0 Å². The molecule has 5 N–H and O–H groups in total. The molecule has 0 unspecified atom stereocenters. The van der Waals surface area contributed by atoms with E-state index in [-0.39, 0.29) is 4.90 Å². The molecule has 0 bridgehead atoms. The van der Waals surface area contributed by atoms with Crippen molar-refractivity contribution >= 4 is 38.6 Å². The lowest BCUT2D eigenvalue weighted by Crippen LogP contribution is -2.12. The molecule has 0 saturated heterocycles. The van der Waals surface area contributed by atoms with Crippen LogP contribution in [-0.4, -0.2) is 28.4 Å². The van der Waals surface area contributed by atoms with Gasteiger partial charge in [0.05, 0.1) is 11.2 Å². The fraction of sp³-hybridized carbons (Fsp3) is 0. The van der Waals surface area contributed by atoms with Gasteiger partial charge in [-0.15, -0.1) is 0 Å². The first-order chi connectivity index (χ1) is 9.95. The van der Waals surface area contributed by atoms with Crippen LogP contribution in [-0.2, 0) is 10.0 Å². The van der Waals surface area contributed by atoms with E-state index in [1.54, 1.807) is 6.07 Å². The van der Waals surface area contributed by atoms with Gasteiger partial charge >= 0.3 is 0 Å². The fourth-order valence-electron chi connectivity index (χ4n) is 1.72. The molecule has 0 aliphatic rings. The second-order valence-electron chi connectivity index (χ2n) is 4.13. The molecule has 0 aliphatic carbocycles. The van der Waals surface area contributed by atoms with Crippen LogP contribution in [0.15, 0.2) is 45.7 Å². The summed E-state index contributed by atoms with van der Waals surface area (Å²) in [6, 6.07) is 4.31. The number of fused-ring (bicyclic) bond motifs is 1. The van der Waals surface area contributed by atoms with Crippen molar-refractivity contribution in [2.45, 2.75) is 14.8 Å². The van der Waals surface area contributed by atoms with Crippen LogP contribution in [0, 0.1) is 0 Å². The molecule has 21 heavy (non-hydrogen) atoms. The molecule has 0 atom stereocenters. The van der Waals surface area contributed by atoms with Crippen molar-refractivity contribution in [1.29, 1.82) is 0 Å². The van der Waals surface area contributed by atoms with Crippen molar-refractivity contribution in [3.8, 4) is 0 Å². The minimum absolute atomic E-state index is 0.0290. The van der Waals surface area contributed by atoms with Gasteiger partial charge in [0.2, 0.25) is 10.0 Å². The summed E-state index contributed by atoms with van der Waals surface area (Å²) in [4.78, 5) is 15.8. The highest BCUT2D eigenvalue weighted by atomic mass is 32.2. The number of H-pyrrole nitrogens is 1. The van der Waals surface area contributed by atoms with E-state index in [1.165, 1.54) is 36.5 Å². The number of aromatic amines is 1. The van der Waals surface area contributed by atoms with Gasteiger partial charge in [-0.1, -0.05) is 11.8 Å². The van der Waals surface area contributed by atoms with Crippen molar-refractivity contribution in [1.82, 2.24) is 19.9 Å². The second-order valence-corrected chi connectivity index (χ2v) is 6.72. The summed E-state index contributed by atoms with van der Waals surface area (Å²) >= 11 is 1.28. The summed E-state index contributed by atoms with van der Waals surface area (Å²) in [5.74, 6) is 0. The van der Waals surface area contributed by atoms with Gasteiger partial charge in [-0.25, -0.2) is 28.5 Å². The van der Waals surface area contributed by atoms with Crippen LogP contribution in [0.5, 0.6) is 0 Å². The minimum Gasteiger partial charge on any atom is -0.398 e. The van der Waals surface area contributed by atoms with Crippen molar-refractivity contribution in [2.24, 2.45) is 5.14 Å². The van der Waals surface area contributed by atoms with Crippen LogP contribution in [0.4, 0.5) is 5.69 Å². The number of nitrogens with zero attached hydrogens (tertiary/aromatic N) is 3. The number of hydrogen-bond donors (Lipinski definition) is 3. The van der Waals surface area contributed by atoms with E-state index in [1.807, 2.05) is 0 Å². The monoisotopic (exact) mass is 322 g/mol.